The van der Waals surface area contributed by atoms with Crippen LogP contribution in [0.25, 0.3) is 0 Å². The molecule has 4 rings (SSSR count). The highest BCUT2D eigenvalue weighted by Crippen LogP contribution is 2.39. The van der Waals surface area contributed by atoms with E-state index in [0.717, 1.165) is 37.2 Å². The van der Waals surface area contributed by atoms with Crippen LogP contribution in [0.15, 0.2) is 48.7 Å². The Balaban J connectivity index is 1.58. The molecule has 1 aromatic carbocycles. The monoisotopic (exact) mass is 349 g/mol. The second-order valence-electron chi connectivity index (χ2n) is 7.70. The maximum atomic E-state index is 13.4. The third-order valence-corrected chi connectivity index (χ3v) is 5.61. The van der Waals surface area contributed by atoms with Gasteiger partial charge in [-0.15, -0.1) is 0 Å². The molecule has 1 aromatic heterocycles. The van der Waals surface area contributed by atoms with Crippen molar-refractivity contribution in [3.05, 3.63) is 65.5 Å². The van der Waals surface area contributed by atoms with Crippen molar-refractivity contribution in [3.63, 3.8) is 0 Å². The standard InChI is InChI=1S/C22H27N3O/c1-24-13-10-20(11-14-24)25(16-17-5-3-2-4-6-17)22(26)19-9-12-23-21(15-19)18-7-8-18/h2-6,9,12,15,18,20H,7-8,10-11,13-14,16H2,1H3. The van der Waals surface area contributed by atoms with Crippen LogP contribution in [0.3, 0.4) is 0 Å². The number of rotatable bonds is 5. The molecule has 2 heterocycles. The number of nitrogens with zero attached hydrogens (tertiary/aromatic N) is 3. The predicted molar refractivity (Wildman–Crippen MR) is 103 cm³/mol. The maximum absolute atomic E-state index is 13.4. The molecule has 2 aromatic rings. The number of carbonyl (C=O) groups is 1. The van der Waals surface area contributed by atoms with Crippen molar-refractivity contribution >= 4 is 5.91 Å². The number of benzene rings is 1. The summed E-state index contributed by atoms with van der Waals surface area (Å²) in [7, 11) is 2.16. The van der Waals surface area contributed by atoms with Crippen molar-refractivity contribution in [3.8, 4) is 0 Å². The molecule has 2 fully saturated rings. The highest BCUT2D eigenvalue weighted by atomic mass is 16.2. The van der Waals surface area contributed by atoms with E-state index in [-0.39, 0.29) is 5.91 Å². The Kier molecular flexibility index (Phi) is 5.02. The summed E-state index contributed by atoms with van der Waals surface area (Å²) < 4.78 is 0. The molecule has 1 saturated heterocycles. The van der Waals surface area contributed by atoms with Crippen molar-refractivity contribution in [1.82, 2.24) is 14.8 Å². The van der Waals surface area contributed by atoms with Crippen molar-refractivity contribution < 1.29 is 4.79 Å². The number of aromatic nitrogens is 1. The van der Waals surface area contributed by atoms with Gasteiger partial charge in [0.2, 0.25) is 0 Å². The summed E-state index contributed by atoms with van der Waals surface area (Å²) in [5, 5.41) is 0. The molecule has 0 atom stereocenters. The minimum Gasteiger partial charge on any atom is -0.331 e. The van der Waals surface area contributed by atoms with Gasteiger partial charge in [-0.2, -0.15) is 0 Å². The summed E-state index contributed by atoms with van der Waals surface area (Å²) in [5.74, 6) is 0.710. The average Bonchev–Trinajstić information content (AvgIpc) is 3.53. The Morgan fingerprint density at radius 1 is 1.12 bits per heavy atom. The van der Waals surface area contributed by atoms with E-state index in [4.69, 9.17) is 0 Å². The highest BCUT2D eigenvalue weighted by Gasteiger charge is 2.30. The molecule has 0 N–H and O–H groups in total. The van der Waals surface area contributed by atoms with Gasteiger partial charge in [0.05, 0.1) is 0 Å². The Hall–Kier alpha value is -2.20. The molecule has 26 heavy (non-hydrogen) atoms. The number of hydrogen-bond acceptors (Lipinski definition) is 3. The summed E-state index contributed by atoms with van der Waals surface area (Å²) in [6.07, 6.45) is 6.28. The Morgan fingerprint density at radius 3 is 2.54 bits per heavy atom. The third kappa shape index (κ3) is 3.96. The molecule has 4 nitrogen and oxygen atoms in total. The molecule has 0 bridgehead atoms. The molecule has 2 aliphatic rings. The normalized spacial score (nSPS) is 18.7. The van der Waals surface area contributed by atoms with Crippen LogP contribution in [0, 0.1) is 0 Å². The van der Waals surface area contributed by atoms with Crippen LogP contribution >= 0.6 is 0 Å². The molecule has 0 spiro atoms. The Bertz CT molecular complexity index is 749. The minimum atomic E-state index is 0.146. The number of hydrogen-bond donors (Lipinski definition) is 0. The number of piperidine rings is 1. The molecule has 1 amide bonds. The second kappa shape index (κ2) is 7.58. The average molecular weight is 349 g/mol. The van der Waals surface area contributed by atoms with Crippen LogP contribution in [-0.4, -0.2) is 46.9 Å². The van der Waals surface area contributed by atoms with Crippen molar-refractivity contribution in [2.45, 2.75) is 44.2 Å². The van der Waals surface area contributed by atoms with Crippen LogP contribution in [0.5, 0.6) is 0 Å². The molecule has 0 radical (unpaired) electrons. The summed E-state index contributed by atoms with van der Waals surface area (Å²) in [6.45, 7) is 2.77. The van der Waals surface area contributed by atoms with Gasteiger partial charge in [-0.25, -0.2) is 0 Å². The van der Waals surface area contributed by atoms with Gasteiger partial charge in [0.1, 0.15) is 0 Å². The van der Waals surface area contributed by atoms with Gasteiger partial charge in [0.25, 0.3) is 5.91 Å². The highest BCUT2D eigenvalue weighted by molar-refractivity contribution is 5.94. The van der Waals surface area contributed by atoms with Gasteiger partial charge < -0.3 is 9.80 Å². The number of carbonyl (C=O) groups excluding carboxylic acids is 1. The lowest BCUT2D eigenvalue weighted by molar-refractivity contribution is 0.0569. The summed E-state index contributed by atoms with van der Waals surface area (Å²) in [4.78, 5) is 22.3. The molecule has 1 aliphatic heterocycles. The zero-order chi connectivity index (χ0) is 17.9. The number of amides is 1. The fraction of sp³-hybridized carbons (Fsp3) is 0.455. The molecule has 0 unspecified atom stereocenters. The van der Waals surface area contributed by atoms with Crippen LogP contribution in [0.2, 0.25) is 0 Å². The van der Waals surface area contributed by atoms with E-state index in [2.05, 4.69) is 34.0 Å². The van der Waals surface area contributed by atoms with Crippen molar-refractivity contribution in [2.24, 2.45) is 0 Å². The molecular formula is C22H27N3O. The molecule has 1 saturated carbocycles. The largest absolute Gasteiger partial charge is 0.331 e. The lowest BCUT2D eigenvalue weighted by atomic mass is 10.0. The van der Waals surface area contributed by atoms with E-state index in [1.807, 2.05) is 30.3 Å². The van der Waals surface area contributed by atoms with Crippen LogP contribution in [0.4, 0.5) is 0 Å². The van der Waals surface area contributed by atoms with E-state index in [1.165, 1.54) is 18.4 Å². The topological polar surface area (TPSA) is 36.4 Å². The Morgan fingerprint density at radius 2 is 1.85 bits per heavy atom. The van der Waals surface area contributed by atoms with E-state index in [1.54, 1.807) is 6.20 Å². The van der Waals surface area contributed by atoms with E-state index >= 15 is 0 Å². The molecule has 4 heteroatoms. The first-order chi connectivity index (χ1) is 12.7. The fourth-order valence-corrected chi connectivity index (χ4v) is 3.80. The predicted octanol–water partition coefficient (Wildman–Crippen LogP) is 3.70. The van der Waals surface area contributed by atoms with Gasteiger partial charge >= 0.3 is 0 Å². The van der Waals surface area contributed by atoms with Gasteiger partial charge in [-0.1, -0.05) is 30.3 Å². The van der Waals surface area contributed by atoms with E-state index in [0.29, 0.717) is 18.5 Å². The number of pyridine rings is 1. The van der Waals surface area contributed by atoms with Gasteiger partial charge in [-0.05, 0) is 63.5 Å². The first kappa shape index (κ1) is 17.2. The SMILES string of the molecule is CN1CCC(N(Cc2ccccc2)C(=O)c2ccnc(C3CC3)c2)CC1. The quantitative estimate of drug-likeness (QED) is 0.826. The van der Waals surface area contributed by atoms with Crippen LogP contribution < -0.4 is 0 Å². The van der Waals surface area contributed by atoms with E-state index in [9.17, 15) is 4.79 Å². The van der Waals surface area contributed by atoms with Crippen LogP contribution in [-0.2, 0) is 6.54 Å². The van der Waals surface area contributed by atoms with Crippen molar-refractivity contribution in [1.29, 1.82) is 0 Å². The fourth-order valence-electron chi connectivity index (χ4n) is 3.80. The molecular weight excluding hydrogens is 322 g/mol. The summed E-state index contributed by atoms with van der Waals surface area (Å²) >= 11 is 0. The van der Waals surface area contributed by atoms with Gasteiger partial charge in [-0.3, -0.25) is 9.78 Å². The van der Waals surface area contributed by atoms with Gasteiger partial charge in [0.15, 0.2) is 0 Å². The Labute approximate surface area is 155 Å². The first-order valence-electron chi connectivity index (χ1n) is 9.70. The smallest absolute Gasteiger partial charge is 0.254 e. The molecule has 136 valence electrons. The van der Waals surface area contributed by atoms with E-state index < -0.39 is 0 Å². The molecule has 1 aliphatic carbocycles. The third-order valence-electron chi connectivity index (χ3n) is 5.61. The lowest BCUT2D eigenvalue weighted by Crippen LogP contribution is -2.46. The first-order valence-corrected chi connectivity index (χ1v) is 9.70. The minimum absolute atomic E-state index is 0.146. The van der Waals surface area contributed by atoms with Gasteiger partial charge in [0, 0.05) is 36.0 Å². The summed E-state index contributed by atoms with van der Waals surface area (Å²) in [6, 6.07) is 14.5. The van der Waals surface area contributed by atoms with Crippen molar-refractivity contribution in [2.75, 3.05) is 20.1 Å². The zero-order valence-electron chi connectivity index (χ0n) is 15.5. The number of likely N-dealkylation sites (tertiary alicyclic amines) is 1. The second-order valence-corrected chi connectivity index (χ2v) is 7.70. The maximum Gasteiger partial charge on any atom is 0.254 e. The van der Waals surface area contributed by atoms with Crippen LogP contribution in [0.1, 0.15) is 53.2 Å². The summed E-state index contributed by atoms with van der Waals surface area (Å²) in [5.41, 5.74) is 3.06. The lowest BCUT2D eigenvalue weighted by Gasteiger charge is -2.37. The zero-order valence-corrected chi connectivity index (χ0v) is 15.5.